The zero-order valence-corrected chi connectivity index (χ0v) is 13.3. The monoisotopic (exact) mass is 322 g/mol. The summed E-state index contributed by atoms with van der Waals surface area (Å²) in [6.45, 7) is 3.68. The van der Waals surface area contributed by atoms with Gasteiger partial charge in [0.25, 0.3) is 0 Å². The minimum absolute atomic E-state index is 0.0152. The number of hydrogen-bond donors (Lipinski definition) is 1. The molecule has 0 saturated heterocycles. The van der Waals surface area contributed by atoms with Gasteiger partial charge < -0.3 is 4.52 Å². The number of carbonyl (C=O) groups is 1. The summed E-state index contributed by atoms with van der Waals surface area (Å²) in [7, 11) is -3.71. The van der Waals surface area contributed by atoms with Crippen LogP contribution in [0.3, 0.4) is 0 Å². The van der Waals surface area contributed by atoms with Crippen molar-refractivity contribution in [2.24, 2.45) is 0 Å². The molecule has 0 radical (unpaired) electrons. The van der Waals surface area contributed by atoms with Crippen molar-refractivity contribution in [2.45, 2.75) is 38.1 Å². The first-order valence-electron chi connectivity index (χ1n) is 7.03. The lowest BCUT2D eigenvalue weighted by Gasteiger charge is -2.06. The average Bonchev–Trinajstić information content (AvgIpc) is 3.00. The average molecular weight is 322 g/mol. The van der Waals surface area contributed by atoms with Crippen LogP contribution in [-0.4, -0.2) is 19.4 Å². The maximum atomic E-state index is 12.3. The zero-order valence-electron chi connectivity index (χ0n) is 12.5. The molecule has 0 aliphatic heterocycles. The first kappa shape index (κ1) is 16.4. The SMILES string of the molecule is CCC(=O)c1cccc(S(=O)(=O)NCc2cc(CC)no2)c1. The van der Waals surface area contributed by atoms with Gasteiger partial charge in [-0.3, -0.25) is 4.79 Å². The van der Waals surface area contributed by atoms with Gasteiger partial charge in [-0.05, 0) is 18.6 Å². The third-order valence-electron chi connectivity index (χ3n) is 3.19. The van der Waals surface area contributed by atoms with E-state index in [1.54, 1.807) is 25.1 Å². The van der Waals surface area contributed by atoms with Crippen molar-refractivity contribution in [2.75, 3.05) is 0 Å². The fourth-order valence-corrected chi connectivity index (χ4v) is 2.93. The van der Waals surface area contributed by atoms with Crippen LogP contribution in [0.4, 0.5) is 0 Å². The van der Waals surface area contributed by atoms with Gasteiger partial charge in [-0.2, -0.15) is 0 Å². The summed E-state index contributed by atoms with van der Waals surface area (Å²) in [5.74, 6) is 0.348. The molecule has 1 aromatic carbocycles. The summed E-state index contributed by atoms with van der Waals surface area (Å²) in [5, 5.41) is 3.80. The Morgan fingerprint density at radius 2 is 2.05 bits per heavy atom. The van der Waals surface area contributed by atoms with Crippen molar-refractivity contribution in [3.05, 3.63) is 47.3 Å². The second-order valence-electron chi connectivity index (χ2n) is 4.77. The highest BCUT2D eigenvalue weighted by Crippen LogP contribution is 2.14. The molecule has 0 atom stereocenters. The van der Waals surface area contributed by atoms with E-state index < -0.39 is 10.0 Å². The summed E-state index contributed by atoms with van der Waals surface area (Å²) in [6, 6.07) is 7.70. The van der Waals surface area contributed by atoms with Gasteiger partial charge in [0.1, 0.15) is 0 Å². The number of hydrogen-bond acceptors (Lipinski definition) is 5. The van der Waals surface area contributed by atoms with Crippen LogP contribution in [0.5, 0.6) is 0 Å². The molecule has 0 bridgehead atoms. The lowest BCUT2D eigenvalue weighted by Crippen LogP contribution is -2.23. The van der Waals surface area contributed by atoms with E-state index >= 15 is 0 Å². The van der Waals surface area contributed by atoms with E-state index in [1.165, 1.54) is 12.1 Å². The number of nitrogens with one attached hydrogen (secondary N) is 1. The van der Waals surface area contributed by atoms with Gasteiger partial charge in [0.05, 0.1) is 17.1 Å². The van der Waals surface area contributed by atoms with E-state index in [2.05, 4.69) is 9.88 Å². The molecule has 7 heteroatoms. The number of ketones is 1. The predicted molar refractivity (Wildman–Crippen MR) is 81.0 cm³/mol. The van der Waals surface area contributed by atoms with Crippen molar-refractivity contribution in [3.63, 3.8) is 0 Å². The van der Waals surface area contributed by atoms with E-state index in [1.807, 2.05) is 6.92 Å². The van der Waals surface area contributed by atoms with Gasteiger partial charge >= 0.3 is 0 Å². The first-order valence-corrected chi connectivity index (χ1v) is 8.52. The molecule has 0 saturated carbocycles. The second-order valence-corrected chi connectivity index (χ2v) is 6.53. The molecule has 2 rings (SSSR count). The van der Waals surface area contributed by atoms with Gasteiger partial charge in [-0.15, -0.1) is 0 Å². The van der Waals surface area contributed by atoms with Crippen molar-refractivity contribution in [1.29, 1.82) is 0 Å². The highest BCUT2D eigenvalue weighted by Gasteiger charge is 2.16. The Balaban J connectivity index is 2.14. The Hall–Kier alpha value is -1.99. The molecule has 1 heterocycles. The molecule has 0 aliphatic rings. The van der Waals surface area contributed by atoms with Crippen LogP contribution in [0.1, 0.15) is 42.1 Å². The number of nitrogens with zero attached hydrogens (tertiary/aromatic N) is 1. The van der Waals surface area contributed by atoms with Crippen molar-refractivity contribution in [1.82, 2.24) is 9.88 Å². The normalized spacial score (nSPS) is 11.5. The lowest BCUT2D eigenvalue weighted by molar-refractivity contribution is 0.0988. The predicted octanol–water partition coefficient (Wildman–Crippen LogP) is 2.31. The van der Waals surface area contributed by atoms with Gasteiger partial charge in [0, 0.05) is 18.1 Å². The van der Waals surface area contributed by atoms with E-state index in [4.69, 9.17) is 4.52 Å². The molecule has 1 N–H and O–H groups in total. The Labute approximate surface area is 129 Å². The number of sulfonamides is 1. The maximum absolute atomic E-state index is 12.3. The Morgan fingerprint density at radius 1 is 1.27 bits per heavy atom. The van der Waals surface area contributed by atoms with Crippen molar-refractivity contribution < 1.29 is 17.7 Å². The number of aryl methyl sites for hydroxylation is 1. The van der Waals surface area contributed by atoms with Gasteiger partial charge in [0.15, 0.2) is 11.5 Å². The van der Waals surface area contributed by atoms with Crippen LogP contribution in [0.2, 0.25) is 0 Å². The molecule has 6 nitrogen and oxygen atoms in total. The highest BCUT2D eigenvalue weighted by atomic mass is 32.2. The second kappa shape index (κ2) is 6.85. The van der Waals surface area contributed by atoms with E-state index in [0.717, 1.165) is 12.1 Å². The van der Waals surface area contributed by atoms with E-state index in [0.29, 0.717) is 17.7 Å². The van der Waals surface area contributed by atoms with Crippen molar-refractivity contribution in [3.8, 4) is 0 Å². The van der Waals surface area contributed by atoms with E-state index in [9.17, 15) is 13.2 Å². The summed E-state index contributed by atoms with van der Waals surface area (Å²) in [5.41, 5.74) is 1.16. The Bertz CT molecular complexity index is 765. The van der Waals surface area contributed by atoms with Gasteiger partial charge in [-0.1, -0.05) is 31.1 Å². The minimum atomic E-state index is -3.71. The highest BCUT2D eigenvalue weighted by molar-refractivity contribution is 7.89. The summed E-state index contributed by atoms with van der Waals surface area (Å²) >= 11 is 0. The number of Topliss-reactive ketones (excluding diaryl/α,β-unsaturated/α-hetero) is 1. The van der Waals surface area contributed by atoms with Crippen LogP contribution < -0.4 is 4.72 Å². The van der Waals surface area contributed by atoms with Gasteiger partial charge in [0.2, 0.25) is 10.0 Å². The van der Waals surface area contributed by atoms with Crippen LogP contribution in [-0.2, 0) is 23.0 Å². The molecule has 0 unspecified atom stereocenters. The molecule has 0 fully saturated rings. The van der Waals surface area contributed by atoms with Gasteiger partial charge in [-0.25, -0.2) is 13.1 Å². The van der Waals surface area contributed by atoms with Crippen LogP contribution in [0, 0.1) is 0 Å². The molecule has 118 valence electrons. The fourth-order valence-electron chi connectivity index (χ4n) is 1.90. The molecule has 0 spiro atoms. The summed E-state index contributed by atoms with van der Waals surface area (Å²) in [6.07, 6.45) is 1.05. The molecule has 0 amide bonds. The third kappa shape index (κ3) is 3.80. The fraction of sp³-hybridized carbons (Fsp3) is 0.333. The van der Waals surface area contributed by atoms with Crippen LogP contribution in [0.15, 0.2) is 39.8 Å². The van der Waals surface area contributed by atoms with Crippen LogP contribution in [0.25, 0.3) is 0 Å². The quantitative estimate of drug-likeness (QED) is 0.790. The molecule has 0 aliphatic carbocycles. The summed E-state index contributed by atoms with van der Waals surface area (Å²) in [4.78, 5) is 11.7. The third-order valence-corrected chi connectivity index (χ3v) is 4.59. The topological polar surface area (TPSA) is 89.3 Å². The number of rotatable bonds is 7. The number of carbonyl (C=O) groups excluding carboxylic acids is 1. The molecule has 22 heavy (non-hydrogen) atoms. The Kier molecular flexibility index (Phi) is 5.10. The summed E-state index contributed by atoms with van der Waals surface area (Å²) < 4.78 is 32.0. The smallest absolute Gasteiger partial charge is 0.241 e. The number of benzene rings is 1. The lowest BCUT2D eigenvalue weighted by atomic mass is 10.1. The molecule has 2 aromatic rings. The molecular weight excluding hydrogens is 304 g/mol. The first-order chi connectivity index (χ1) is 10.5. The zero-order chi connectivity index (χ0) is 16.2. The Morgan fingerprint density at radius 3 is 2.68 bits per heavy atom. The molecular formula is C15H18N2O4S. The standard InChI is InChI=1S/C15H18N2O4S/c1-3-12-9-13(21-17-12)10-16-22(19,20)14-7-5-6-11(8-14)15(18)4-2/h5-9,16H,3-4,10H2,1-2H3. The number of aromatic nitrogens is 1. The largest absolute Gasteiger partial charge is 0.360 e. The van der Waals surface area contributed by atoms with Crippen LogP contribution >= 0.6 is 0 Å². The van der Waals surface area contributed by atoms with E-state index in [-0.39, 0.29) is 17.2 Å². The molecule has 1 aromatic heterocycles. The maximum Gasteiger partial charge on any atom is 0.241 e. The minimum Gasteiger partial charge on any atom is -0.360 e. The van der Waals surface area contributed by atoms with Crippen molar-refractivity contribution >= 4 is 15.8 Å².